The zero-order valence-electron chi connectivity index (χ0n) is 20.1. The highest BCUT2D eigenvalue weighted by atomic mass is 32.5. The van der Waals surface area contributed by atoms with Gasteiger partial charge in [-0.05, 0) is 55.2 Å². The van der Waals surface area contributed by atoms with Gasteiger partial charge in [0, 0.05) is 12.1 Å². The maximum Gasteiger partial charge on any atom is 0.430 e. The van der Waals surface area contributed by atoms with Gasteiger partial charge in [0.1, 0.15) is 16.7 Å². The van der Waals surface area contributed by atoms with Crippen molar-refractivity contribution in [3.05, 3.63) is 28.8 Å². The quantitative estimate of drug-likeness (QED) is 0.153. The van der Waals surface area contributed by atoms with E-state index in [1.165, 1.54) is 6.92 Å². The molecule has 19 heteroatoms. The fraction of sp³-hybridized carbons (Fsp3) is 0.500. The molecule has 3 N–H and O–H groups in total. The van der Waals surface area contributed by atoms with E-state index in [0.29, 0.717) is 12.5 Å². The number of benzene rings is 1. The molecule has 0 bridgehead atoms. The second-order valence-corrected chi connectivity index (χ2v) is 11.0. The summed E-state index contributed by atoms with van der Waals surface area (Å²) in [4.78, 5) is 26.2. The number of carboxylic acids is 1. The Hall–Kier alpha value is -2.71. The van der Waals surface area contributed by atoms with E-state index in [1.807, 2.05) is 5.59 Å². The number of aliphatic carboxylic acids is 1. The molecule has 0 saturated carbocycles. The second-order valence-electron chi connectivity index (χ2n) is 8.59. The first-order valence-electron chi connectivity index (χ1n) is 11.1. The number of hydrazine groups is 2. The largest absolute Gasteiger partial charge is 0.480 e. The molecule has 39 heavy (non-hydrogen) atoms. The Balaban J connectivity index is 1.85. The number of carbonyl (C=O) groups is 2. The van der Waals surface area contributed by atoms with E-state index in [4.69, 9.17) is 19.4 Å². The van der Waals surface area contributed by atoms with Gasteiger partial charge in [-0.1, -0.05) is 31.9 Å². The fourth-order valence-corrected chi connectivity index (χ4v) is 4.61. The number of rotatable bonds is 9. The molecule has 0 spiro atoms. The summed E-state index contributed by atoms with van der Waals surface area (Å²) in [7, 11) is -10.3. The minimum Gasteiger partial charge on any atom is -0.480 e. The van der Waals surface area contributed by atoms with Crippen LogP contribution < -0.4 is 10.3 Å². The molecule has 2 aliphatic heterocycles. The molecule has 0 aromatic heterocycles. The molecule has 2 heterocycles. The smallest absolute Gasteiger partial charge is 0.430 e. The molecule has 3 rings (SSSR count). The van der Waals surface area contributed by atoms with Crippen LogP contribution in [0.5, 0.6) is 5.75 Å². The number of aryl methyl sites for hydroxylation is 1. The summed E-state index contributed by atoms with van der Waals surface area (Å²) >= 11 is 0. The van der Waals surface area contributed by atoms with Gasteiger partial charge in [0.2, 0.25) is 12.4 Å². The second kappa shape index (κ2) is 9.73. The lowest BCUT2D eigenvalue weighted by atomic mass is 9.98. The number of nitrogens with zero attached hydrogens (tertiary/aromatic N) is 2. The number of carboxylic acid groups (broad SMARTS) is 1. The summed E-state index contributed by atoms with van der Waals surface area (Å²) in [6.45, 7) is 2.26. The number of halogens is 8. The number of ether oxygens (including phenoxy) is 2. The highest BCUT2D eigenvalue weighted by molar-refractivity contribution is 8.45. The van der Waals surface area contributed by atoms with E-state index < -0.39 is 80.5 Å². The standard InChI is InChI=1S/C20H23F8N3O7S/c1-3-11-7-13(39(24,25,26,27)28)8-12-9-14(17(20(21,22)23)37-16(11)12)19(34)36-10(2)38-29-31(35)30-6-4-5-15(30)18(32)33/h7-10,15,17,29,35H,3-6H2,1-2H3,(H,32,33)/t10?,15-,17-/m0/s1. The Morgan fingerprint density at radius 1 is 1.26 bits per heavy atom. The first-order valence-corrected chi connectivity index (χ1v) is 13.0. The number of fused-ring (bicyclic) bond motifs is 1. The normalized spacial score (nSPS) is 22.8. The summed E-state index contributed by atoms with van der Waals surface area (Å²) in [5.74, 6) is -3.82. The molecule has 1 unspecified atom stereocenters. The molecule has 1 aromatic carbocycles. The number of alkyl halides is 3. The van der Waals surface area contributed by atoms with E-state index in [1.54, 1.807) is 0 Å². The van der Waals surface area contributed by atoms with Crippen molar-refractivity contribution >= 4 is 28.2 Å². The Bertz CT molecular complexity index is 1180. The fourth-order valence-electron chi connectivity index (χ4n) is 3.90. The number of esters is 1. The van der Waals surface area contributed by atoms with Crippen molar-refractivity contribution < 1.29 is 66.8 Å². The van der Waals surface area contributed by atoms with Crippen molar-refractivity contribution in [2.24, 2.45) is 0 Å². The van der Waals surface area contributed by atoms with Gasteiger partial charge in [-0.25, -0.2) is 9.63 Å². The molecule has 1 aromatic rings. The van der Waals surface area contributed by atoms with E-state index in [-0.39, 0.29) is 30.4 Å². The van der Waals surface area contributed by atoms with Crippen LogP contribution in [0, 0.1) is 0 Å². The molecule has 3 atom stereocenters. The summed E-state index contributed by atoms with van der Waals surface area (Å²) in [5.41, 5.74) is -0.996. The summed E-state index contributed by atoms with van der Waals surface area (Å²) in [6.07, 6.45) is -9.60. The van der Waals surface area contributed by atoms with Crippen molar-refractivity contribution in [3.8, 4) is 5.75 Å². The third-order valence-electron chi connectivity index (χ3n) is 5.68. The molecule has 0 radical (unpaired) electrons. The van der Waals surface area contributed by atoms with E-state index in [0.717, 1.165) is 11.9 Å². The van der Waals surface area contributed by atoms with Gasteiger partial charge in [-0.15, -0.1) is 0 Å². The van der Waals surface area contributed by atoms with Gasteiger partial charge < -0.3 is 14.6 Å². The van der Waals surface area contributed by atoms with Crippen LogP contribution in [0.4, 0.5) is 32.6 Å². The maximum absolute atomic E-state index is 13.7. The zero-order valence-corrected chi connectivity index (χ0v) is 20.9. The summed E-state index contributed by atoms with van der Waals surface area (Å²) in [5, 5.41) is 20.1. The van der Waals surface area contributed by atoms with Gasteiger partial charge in [-0.3, -0.25) is 10.0 Å². The molecule has 2 aliphatic rings. The van der Waals surface area contributed by atoms with Crippen LogP contribution in [-0.2, 0) is 25.6 Å². The Labute approximate surface area is 215 Å². The van der Waals surface area contributed by atoms with E-state index in [9.17, 15) is 47.4 Å². The lowest BCUT2D eigenvalue weighted by Gasteiger charge is -2.41. The van der Waals surface area contributed by atoms with Crippen LogP contribution in [0.1, 0.15) is 37.8 Å². The van der Waals surface area contributed by atoms with Crippen LogP contribution in [0.2, 0.25) is 0 Å². The van der Waals surface area contributed by atoms with Crippen molar-refractivity contribution in [1.29, 1.82) is 0 Å². The minimum atomic E-state index is -10.3. The molecule has 0 amide bonds. The Morgan fingerprint density at radius 3 is 2.44 bits per heavy atom. The lowest BCUT2D eigenvalue weighted by molar-refractivity contribution is -0.367. The minimum absolute atomic E-state index is 0.00247. The summed E-state index contributed by atoms with van der Waals surface area (Å²) < 4.78 is 118. The van der Waals surface area contributed by atoms with Crippen molar-refractivity contribution in [2.75, 3.05) is 6.54 Å². The third-order valence-corrected chi connectivity index (χ3v) is 6.81. The van der Waals surface area contributed by atoms with Gasteiger partial charge >= 0.3 is 28.3 Å². The molecule has 0 aliphatic carbocycles. The molecular weight excluding hydrogens is 578 g/mol. The Kier molecular flexibility index (Phi) is 7.69. The Morgan fingerprint density at radius 2 is 1.90 bits per heavy atom. The molecule has 222 valence electrons. The first-order chi connectivity index (χ1) is 17.6. The van der Waals surface area contributed by atoms with Gasteiger partial charge in [0.15, 0.2) is 0 Å². The van der Waals surface area contributed by atoms with Gasteiger partial charge in [-0.2, -0.15) is 18.2 Å². The average molecular weight is 601 g/mol. The predicted octanol–water partition coefficient (Wildman–Crippen LogP) is 5.09. The van der Waals surface area contributed by atoms with Crippen LogP contribution >= 0.6 is 10.2 Å². The van der Waals surface area contributed by atoms with E-state index in [2.05, 4.69) is 0 Å². The number of hydrogen-bond acceptors (Lipinski definition) is 9. The zero-order chi connectivity index (χ0) is 29.6. The average Bonchev–Trinajstić information content (AvgIpc) is 3.29. The predicted molar refractivity (Wildman–Crippen MR) is 116 cm³/mol. The highest BCUT2D eigenvalue weighted by Gasteiger charge is 2.66. The summed E-state index contributed by atoms with van der Waals surface area (Å²) in [6, 6.07) is -1.25. The number of hydrogen-bond donors (Lipinski definition) is 3. The topological polar surface area (TPSA) is 121 Å². The monoisotopic (exact) mass is 601 g/mol. The maximum atomic E-state index is 13.7. The molecule has 1 saturated heterocycles. The third kappa shape index (κ3) is 7.09. The van der Waals surface area contributed by atoms with Crippen LogP contribution in [-0.4, -0.2) is 63.7 Å². The van der Waals surface area contributed by atoms with Gasteiger partial charge in [0.05, 0.1) is 5.57 Å². The van der Waals surface area contributed by atoms with Crippen LogP contribution in [0.25, 0.3) is 6.08 Å². The van der Waals surface area contributed by atoms with Crippen molar-refractivity contribution in [3.63, 3.8) is 0 Å². The SMILES string of the molecule is CCc1cc(S(F)(F)(F)(F)F)cc2c1O[C@H](C(F)(F)F)C(C(=O)OC(C)ONN(O)N1CCC[C@H]1C(=O)O)=C2. The van der Waals surface area contributed by atoms with Gasteiger partial charge in [0.25, 0.3) is 0 Å². The molecular formula is C20H23F8N3O7S. The van der Waals surface area contributed by atoms with E-state index >= 15 is 0 Å². The van der Waals surface area contributed by atoms with Crippen molar-refractivity contribution in [1.82, 2.24) is 15.9 Å². The number of carbonyl (C=O) groups excluding carboxylic acids is 1. The molecule has 10 nitrogen and oxygen atoms in total. The van der Waals surface area contributed by atoms with Crippen LogP contribution in [0.3, 0.4) is 0 Å². The lowest BCUT2D eigenvalue weighted by Crippen LogP contribution is -2.53. The number of nitrogens with one attached hydrogen (secondary N) is 1. The van der Waals surface area contributed by atoms with Crippen molar-refractivity contribution in [2.45, 2.75) is 62.6 Å². The molecule has 1 fully saturated rings. The van der Waals surface area contributed by atoms with Crippen LogP contribution in [0.15, 0.2) is 22.6 Å². The first kappa shape index (κ1) is 30.8. The highest BCUT2D eigenvalue weighted by Crippen LogP contribution is 3.02.